The van der Waals surface area contributed by atoms with Crippen LogP contribution in [-0.4, -0.2) is 56.3 Å². The Labute approximate surface area is 209 Å². The van der Waals surface area contributed by atoms with E-state index in [2.05, 4.69) is 60.6 Å². The summed E-state index contributed by atoms with van der Waals surface area (Å²) in [6, 6.07) is 15.6. The standard InChI is InChI=1S/C30H38N2O3/c1-21-3-7-23(8-4-21)24-9-12-29-25(17-24)18-26(20-35-29)30(33)31-27-10-5-22(6-11-27)19-32(2)28-13-15-34-16-14-28/h3-4,7-9,12,17-18,22,27-28H,5-6,10-11,13-16,19-20H2,1-2H3,(H,31,33). The quantitative estimate of drug-likeness (QED) is 0.623. The molecule has 2 aliphatic heterocycles. The molecule has 0 radical (unpaired) electrons. The Balaban J connectivity index is 1.15. The predicted molar refractivity (Wildman–Crippen MR) is 140 cm³/mol. The summed E-state index contributed by atoms with van der Waals surface area (Å²) in [5.74, 6) is 1.58. The van der Waals surface area contributed by atoms with Gasteiger partial charge in [-0.05, 0) is 87.7 Å². The fourth-order valence-electron chi connectivity index (χ4n) is 5.68. The van der Waals surface area contributed by atoms with Crippen LogP contribution in [0.2, 0.25) is 0 Å². The number of carbonyl (C=O) groups is 1. The first-order valence-electron chi connectivity index (χ1n) is 13.2. The van der Waals surface area contributed by atoms with E-state index < -0.39 is 0 Å². The lowest BCUT2D eigenvalue weighted by atomic mass is 9.85. The normalized spacial score (nSPS) is 22.8. The molecule has 2 heterocycles. The van der Waals surface area contributed by atoms with Crippen LogP contribution >= 0.6 is 0 Å². The summed E-state index contributed by atoms with van der Waals surface area (Å²) in [6.07, 6.45) is 8.76. The van der Waals surface area contributed by atoms with Crippen LogP contribution in [0.5, 0.6) is 5.75 Å². The number of aryl methyl sites for hydroxylation is 1. The van der Waals surface area contributed by atoms with Gasteiger partial charge in [0.1, 0.15) is 12.4 Å². The SMILES string of the molecule is Cc1ccc(-c2ccc3c(c2)C=C(C(=O)NC2CCC(CN(C)C4CCOCC4)CC2)CO3)cc1. The molecular formula is C30H38N2O3. The molecule has 5 nitrogen and oxygen atoms in total. The number of nitrogens with zero attached hydrogens (tertiary/aromatic N) is 1. The molecule has 1 N–H and O–H groups in total. The molecule has 186 valence electrons. The van der Waals surface area contributed by atoms with Crippen molar-refractivity contribution in [2.75, 3.05) is 33.4 Å². The van der Waals surface area contributed by atoms with Crippen LogP contribution in [-0.2, 0) is 9.53 Å². The number of benzene rings is 2. The van der Waals surface area contributed by atoms with Gasteiger partial charge in [0.25, 0.3) is 5.91 Å². The molecule has 3 aliphatic rings. The van der Waals surface area contributed by atoms with Gasteiger partial charge in [0.15, 0.2) is 0 Å². The van der Waals surface area contributed by atoms with Gasteiger partial charge in [-0.2, -0.15) is 0 Å². The average Bonchev–Trinajstić information content (AvgIpc) is 2.90. The summed E-state index contributed by atoms with van der Waals surface area (Å²) in [6.45, 7) is 5.37. The minimum Gasteiger partial charge on any atom is -0.488 e. The highest BCUT2D eigenvalue weighted by Gasteiger charge is 2.27. The lowest BCUT2D eigenvalue weighted by Crippen LogP contribution is -2.43. The maximum atomic E-state index is 13.1. The molecule has 2 aromatic rings. The Morgan fingerprint density at radius 3 is 2.43 bits per heavy atom. The minimum atomic E-state index is 0.0131. The van der Waals surface area contributed by atoms with E-state index in [1.165, 1.54) is 24.0 Å². The number of amides is 1. The van der Waals surface area contributed by atoms with E-state index in [9.17, 15) is 4.79 Å². The molecule has 2 fully saturated rings. The van der Waals surface area contributed by atoms with Crippen molar-refractivity contribution >= 4 is 12.0 Å². The van der Waals surface area contributed by atoms with E-state index in [-0.39, 0.29) is 11.9 Å². The third kappa shape index (κ3) is 5.96. The average molecular weight is 475 g/mol. The fraction of sp³-hybridized carbons (Fsp3) is 0.500. The third-order valence-corrected chi connectivity index (χ3v) is 7.94. The van der Waals surface area contributed by atoms with Gasteiger partial charge in [-0.15, -0.1) is 0 Å². The van der Waals surface area contributed by atoms with Gasteiger partial charge in [0.2, 0.25) is 0 Å². The summed E-state index contributed by atoms with van der Waals surface area (Å²) in [4.78, 5) is 15.6. The minimum absolute atomic E-state index is 0.0131. The molecule has 5 heteroatoms. The molecule has 35 heavy (non-hydrogen) atoms. The fourth-order valence-corrected chi connectivity index (χ4v) is 5.68. The third-order valence-electron chi connectivity index (χ3n) is 7.94. The molecule has 1 saturated heterocycles. The first-order chi connectivity index (χ1) is 17.0. The first kappa shape index (κ1) is 24.1. The van der Waals surface area contributed by atoms with E-state index in [0.29, 0.717) is 18.2 Å². The van der Waals surface area contributed by atoms with Crippen LogP contribution in [0.3, 0.4) is 0 Å². The zero-order chi connectivity index (χ0) is 24.2. The Bertz CT molecular complexity index is 1050. The topological polar surface area (TPSA) is 50.8 Å². The van der Waals surface area contributed by atoms with Gasteiger partial charge < -0.3 is 19.7 Å². The zero-order valence-electron chi connectivity index (χ0n) is 21.1. The second-order valence-electron chi connectivity index (χ2n) is 10.6. The number of ether oxygens (including phenoxy) is 2. The summed E-state index contributed by atoms with van der Waals surface area (Å²) in [5, 5.41) is 3.29. The van der Waals surface area contributed by atoms with Crippen LogP contribution in [0.4, 0.5) is 0 Å². The van der Waals surface area contributed by atoms with Crippen molar-refractivity contribution in [3.8, 4) is 16.9 Å². The van der Waals surface area contributed by atoms with Crippen LogP contribution in [0, 0.1) is 12.8 Å². The summed E-state index contributed by atoms with van der Waals surface area (Å²) < 4.78 is 11.4. The molecule has 2 aromatic carbocycles. The van der Waals surface area contributed by atoms with E-state index in [0.717, 1.165) is 68.2 Å². The maximum Gasteiger partial charge on any atom is 0.250 e. The Morgan fingerprint density at radius 2 is 1.69 bits per heavy atom. The Morgan fingerprint density at radius 1 is 0.971 bits per heavy atom. The summed E-state index contributed by atoms with van der Waals surface area (Å²) in [5.41, 5.74) is 5.23. The lowest BCUT2D eigenvalue weighted by Gasteiger charge is -2.36. The highest BCUT2D eigenvalue weighted by Crippen LogP contribution is 2.32. The van der Waals surface area contributed by atoms with Crippen LogP contribution in [0.1, 0.15) is 49.7 Å². The number of carbonyl (C=O) groups excluding carboxylic acids is 1. The van der Waals surface area contributed by atoms with Gasteiger partial charge in [-0.3, -0.25) is 4.79 Å². The maximum absolute atomic E-state index is 13.1. The van der Waals surface area contributed by atoms with Gasteiger partial charge in [-0.1, -0.05) is 35.9 Å². The van der Waals surface area contributed by atoms with Crippen molar-refractivity contribution in [2.24, 2.45) is 5.92 Å². The highest BCUT2D eigenvalue weighted by atomic mass is 16.5. The molecule has 0 unspecified atom stereocenters. The van der Waals surface area contributed by atoms with Crippen molar-refractivity contribution in [1.82, 2.24) is 10.2 Å². The van der Waals surface area contributed by atoms with Gasteiger partial charge >= 0.3 is 0 Å². The number of nitrogens with one attached hydrogen (secondary N) is 1. The van der Waals surface area contributed by atoms with Crippen molar-refractivity contribution in [2.45, 2.75) is 57.5 Å². The number of rotatable bonds is 6. The second kappa shape index (κ2) is 11.0. The van der Waals surface area contributed by atoms with E-state index in [1.807, 2.05) is 12.1 Å². The lowest BCUT2D eigenvalue weighted by molar-refractivity contribution is -0.118. The summed E-state index contributed by atoms with van der Waals surface area (Å²) in [7, 11) is 2.27. The monoisotopic (exact) mass is 474 g/mol. The zero-order valence-corrected chi connectivity index (χ0v) is 21.1. The molecule has 5 rings (SSSR count). The summed E-state index contributed by atoms with van der Waals surface area (Å²) >= 11 is 0. The van der Waals surface area contributed by atoms with Gasteiger partial charge in [-0.25, -0.2) is 0 Å². The van der Waals surface area contributed by atoms with Crippen LogP contribution in [0.15, 0.2) is 48.0 Å². The molecule has 0 bridgehead atoms. The molecule has 1 aliphatic carbocycles. The molecule has 1 amide bonds. The van der Waals surface area contributed by atoms with E-state index >= 15 is 0 Å². The first-order valence-corrected chi connectivity index (χ1v) is 13.2. The second-order valence-corrected chi connectivity index (χ2v) is 10.6. The van der Waals surface area contributed by atoms with Crippen LogP contribution < -0.4 is 10.1 Å². The molecule has 0 spiro atoms. The van der Waals surface area contributed by atoms with Crippen LogP contribution in [0.25, 0.3) is 17.2 Å². The number of hydrogen-bond donors (Lipinski definition) is 1. The predicted octanol–water partition coefficient (Wildman–Crippen LogP) is 5.22. The number of hydrogen-bond acceptors (Lipinski definition) is 4. The molecule has 0 aromatic heterocycles. The van der Waals surface area contributed by atoms with E-state index in [1.54, 1.807) is 0 Å². The highest BCUT2D eigenvalue weighted by molar-refractivity contribution is 5.99. The van der Waals surface area contributed by atoms with Crippen molar-refractivity contribution in [3.05, 3.63) is 59.2 Å². The largest absolute Gasteiger partial charge is 0.488 e. The van der Waals surface area contributed by atoms with E-state index in [4.69, 9.17) is 9.47 Å². The smallest absolute Gasteiger partial charge is 0.250 e. The van der Waals surface area contributed by atoms with Crippen molar-refractivity contribution in [1.29, 1.82) is 0 Å². The van der Waals surface area contributed by atoms with Crippen molar-refractivity contribution < 1.29 is 14.3 Å². The Hall–Kier alpha value is -2.63. The van der Waals surface area contributed by atoms with Crippen molar-refractivity contribution in [3.63, 3.8) is 0 Å². The molecule has 0 atom stereocenters. The van der Waals surface area contributed by atoms with Gasteiger partial charge in [0, 0.05) is 37.4 Å². The molecular weight excluding hydrogens is 436 g/mol. The van der Waals surface area contributed by atoms with Gasteiger partial charge in [0.05, 0.1) is 5.57 Å². The molecule has 1 saturated carbocycles. The number of fused-ring (bicyclic) bond motifs is 1. The Kier molecular flexibility index (Phi) is 7.54.